The van der Waals surface area contributed by atoms with Crippen LogP contribution in [0.2, 0.25) is 0 Å². The Balaban J connectivity index is 1.25. The summed E-state index contributed by atoms with van der Waals surface area (Å²) in [5.41, 5.74) is 4.14. The summed E-state index contributed by atoms with van der Waals surface area (Å²) in [5, 5.41) is 6.53. The van der Waals surface area contributed by atoms with Gasteiger partial charge in [0.2, 0.25) is 0 Å². The number of fused-ring (bicyclic) bond motifs is 1. The van der Waals surface area contributed by atoms with Gasteiger partial charge in [0.25, 0.3) is 5.91 Å². The van der Waals surface area contributed by atoms with Crippen LogP contribution in [0.5, 0.6) is 5.75 Å². The van der Waals surface area contributed by atoms with Crippen molar-refractivity contribution in [1.29, 1.82) is 0 Å². The highest BCUT2D eigenvalue weighted by molar-refractivity contribution is 7.13. The van der Waals surface area contributed by atoms with E-state index in [9.17, 15) is 9.59 Å². The zero-order valence-electron chi connectivity index (χ0n) is 18.1. The third kappa shape index (κ3) is 4.72. The molecule has 0 aliphatic carbocycles. The molecule has 0 unspecified atom stereocenters. The van der Waals surface area contributed by atoms with Crippen molar-refractivity contribution in [3.05, 3.63) is 94.4 Å². The number of hydrogen-bond acceptors (Lipinski definition) is 7. The Kier molecular flexibility index (Phi) is 5.88. The zero-order valence-corrected chi connectivity index (χ0v) is 19.0. The van der Waals surface area contributed by atoms with E-state index < -0.39 is 5.63 Å². The smallest absolute Gasteiger partial charge is 0.336 e. The van der Waals surface area contributed by atoms with Crippen molar-refractivity contribution < 1.29 is 13.9 Å². The molecule has 1 amide bonds. The molecule has 34 heavy (non-hydrogen) atoms. The van der Waals surface area contributed by atoms with Crippen LogP contribution in [-0.2, 0) is 4.79 Å². The van der Waals surface area contributed by atoms with Gasteiger partial charge in [-0.05, 0) is 48.9 Å². The lowest BCUT2D eigenvalue weighted by atomic mass is 10.1. The van der Waals surface area contributed by atoms with Crippen LogP contribution >= 0.6 is 11.3 Å². The summed E-state index contributed by atoms with van der Waals surface area (Å²) in [6.07, 6.45) is 3.51. The number of nitrogens with one attached hydrogen (secondary N) is 1. The maximum atomic E-state index is 12.5. The van der Waals surface area contributed by atoms with Gasteiger partial charge in [-0.15, -0.1) is 11.3 Å². The quantitative estimate of drug-likeness (QED) is 0.339. The molecule has 1 N–H and O–H groups in total. The van der Waals surface area contributed by atoms with Gasteiger partial charge in [-0.2, -0.15) is 0 Å². The fourth-order valence-corrected chi connectivity index (χ4v) is 4.35. The lowest BCUT2D eigenvalue weighted by Crippen LogP contribution is -2.20. The van der Waals surface area contributed by atoms with Crippen molar-refractivity contribution in [3.8, 4) is 27.6 Å². The number of pyridine rings is 1. The summed E-state index contributed by atoms with van der Waals surface area (Å²) >= 11 is 1.54. The van der Waals surface area contributed by atoms with E-state index in [-0.39, 0.29) is 12.5 Å². The number of amides is 1. The van der Waals surface area contributed by atoms with Crippen LogP contribution in [0.3, 0.4) is 0 Å². The van der Waals surface area contributed by atoms with E-state index in [0.717, 1.165) is 32.8 Å². The highest BCUT2D eigenvalue weighted by Gasteiger charge is 2.10. The summed E-state index contributed by atoms with van der Waals surface area (Å²) in [5.74, 6) is 0.132. The molecule has 0 saturated carbocycles. The van der Waals surface area contributed by atoms with Gasteiger partial charge >= 0.3 is 5.63 Å². The third-order valence-electron chi connectivity index (χ3n) is 5.15. The first-order chi connectivity index (χ1) is 16.5. The van der Waals surface area contributed by atoms with Crippen LogP contribution in [0.4, 0.5) is 5.69 Å². The molecule has 2 aromatic carbocycles. The molecule has 0 bridgehead atoms. The monoisotopic (exact) mass is 469 g/mol. The Bertz CT molecular complexity index is 1540. The number of hydrogen-bond donors (Lipinski definition) is 1. The number of ether oxygens (including phenoxy) is 1. The van der Waals surface area contributed by atoms with Crippen LogP contribution in [0.15, 0.2) is 87.6 Å². The maximum absolute atomic E-state index is 12.5. The lowest BCUT2D eigenvalue weighted by Gasteiger charge is -2.09. The average molecular weight is 470 g/mol. The topological polar surface area (TPSA) is 94.3 Å². The number of aryl methyl sites for hydroxylation is 1. The molecule has 0 aliphatic rings. The summed E-state index contributed by atoms with van der Waals surface area (Å²) < 4.78 is 10.8. The van der Waals surface area contributed by atoms with E-state index in [1.165, 1.54) is 17.4 Å². The molecular formula is C26H19N3O4S. The van der Waals surface area contributed by atoms with Crippen LogP contribution in [0.25, 0.3) is 32.8 Å². The van der Waals surface area contributed by atoms with Gasteiger partial charge in [0.05, 0.1) is 5.69 Å². The second-order valence-corrected chi connectivity index (χ2v) is 8.46. The Hall–Kier alpha value is -4.30. The van der Waals surface area contributed by atoms with E-state index in [0.29, 0.717) is 17.0 Å². The molecule has 0 spiro atoms. The summed E-state index contributed by atoms with van der Waals surface area (Å²) in [6.45, 7) is 1.65. The summed E-state index contributed by atoms with van der Waals surface area (Å²) in [4.78, 5) is 32.9. The summed E-state index contributed by atoms with van der Waals surface area (Å²) in [7, 11) is 0. The molecule has 5 aromatic rings. The molecule has 0 saturated heterocycles. The molecule has 0 radical (unpaired) electrons. The molecule has 5 rings (SSSR count). The van der Waals surface area contributed by atoms with Crippen LogP contribution in [0.1, 0.15) is 5.56 Å². The van der Waals surface area contributed by atoms with E-state index in [1.807, 2.05) is 48.7 Å². The van der Waals surface area contributed by atoms with Crippen molar-refractivity contribution >= 4 is 33.9 Å². The number of carbonyl (C=O) groups is 1. The van der Waals surface area contributed by atoms with Crippen molar-refractivity contribution in [3.63, 3.8) is 0 Å². The molecule has 0 aliphatic heterocycles. The highest BCUT2D eigenvalue weighted by Crippen LogP contribution is 2.29. The number of aromatic nitrogens is 2. The van der Waals surface area contributed by atoms with Gasteiger partial charge in [0, 0.05) is 52.1 Å². The first-order valence-electron chi connectivity index (χ1n) is 10.5. The number of benzene rings is 2. The number of rotatable bonds is 6. The van der Waals surface area contributed by atoms with Gasteiger partial charge in [0.15, 0.2) is 6.61 Å². The minimum Gasteiger partial charge on any atom is -0.484 e. The molecule has 8 heteroatoms. The normalized spacial score (nSPS) is 10.9. The average Bonchev–Trinajstić information content (AvgIpc) is 3.34. The first kappa shape index (κ1) is 21.5. The van der Waals surface area contributed by atoms with E-state index in [4.69, 9.17) is 14.1 Å². The molecule has 7 nitrogen and oxygen atoms in total. The van der Waals surface area contributed by atoms with E-state index >= 15 is 0 Å². The standard InChI is InChI=1S/C26H19N3O4S/c1-16-10-25(31)33-23-12-20(7-8-21(16)23)32-14-24(30)28-19-6-2-4-17(11-19)22-15-34-26(29-22)18-5-3-9-27-13-18/h2-13,15H,14H2,1H3,(H,28,30). The van der Waals surface area contributed by atoms with Gasteiger partial charge < -0.3 is 14.5 Å². The zero-order chi connectivity index (χ0) is 23.5. The Labute approximate surface area is 198 Å². The second-order valence-electron chi connectivity index (χ2n) is 7.60. The van der Waals surface area contributed by atoms with Gasteiger partial charge in [-0.1, -0.05) is 12.1 Å². The largest absolute Gasteiger partial charge is 0.484 e. The Morgan fingerprint density at radius 2 is 1.97 bits per heavy atom. The van der Waals surface area contributed by atoms with Crippen molar-refractivity contribution in [2.45, 2.75) is 6.92 Å². The second kappa shape index (κ2) is 9.29. The van der Waals surface area contributed by atoms with Gasteiger partial charge in [-0.25, -0.2) is 9.78 Å². The molecule has 0 atom stereocenters. The Morgan fingerprint density at radius 3 is 2.82 bits per heavy atom. The van der Waals surface area contributed by atoms with E-state index in [1.54, 1.807) is 30.6 Å². The van der Waals surface area contributed by atoms with Crippen LogP contribution < -0.4 is 15.7 Å². The number of carbonyl (C=O) groups excluding carboxylic acids is 1. The van der Waals surface area contributed by atoms with Crippen molar-refractivity contribution in [1.82, 2.24) is 9.97 Å². The third-order valence-corrected chi connectivity index (χ3v) is 6.04. The predicted molar refractivity (Wildman–Crippen MR) is 132 cm³/mol. The van der Waals surface area contributed by atoms with E-state index in [2.05, 4.69) is 10.3 Å². The molecule has 168 valence electrons. The predicted octanol–water partition coefficient (Wildman–Crippen LogP) is 5.30. The fraction of sp³-hybridized carbons (Fsp3) is 0.0769. The lowest BCUT2D eigenvalue weighted by molar-refractivity contribution is -0.118. The number of nitrogens with zero attached hydrogens (tertiary/aromatic N) is 2. The highest BCUT2D eigenvalue weighted by atomic mass is 32.1. The van der Waals surface area contributed by atoms with Crippen LogP contribution in [0, 0.1) is 6.92 Å². The molecular weight excluding hydrogens is 450 g/mol. The van der Waals surface area contributed by atoms with Crippen LogP contribution in [-0.4, -0.2) is 22.5 Å². The van der Waals surface area contributed by atoms with Crippen molar-refractivity contribution in [2.24, 2.45) is 0 Å². The van der Waals surface area contributed by atoms with Gasteiger partial charge in [0.1, 0.15) is 16.3 Å². The fourth-order valence-electron chi connectivity index (χ4n) is 3.53. The van der Waals surface area contributed by atoms with Crippen molar-refractivity contribution in [2.75, 3.05) is 11.9 Å². The maximum Gasteiger partial charge on any atom is 0.336 e. The summed E-state index contributed by atoms with van der Waals surface area (Å²) in [6, 6.07) is 17.9. The minimum absolute atomic E-state index is 0.187. The molecule has 0 fully saturated rings. The molecule has 3 heterocycles. The first-order valence-corrected chi connectivity index (χ1v) is 11.4. The minimum atomic E-state index is -0.424. The number of anilines is 1. The molecule has 3 aromatic heterocycles. The van der Waals surface area contributed by atoms with Gasteiger partial charge in [-0.3, -0.25) is 9.78 Å². The number of thiazole rings is 1. The Morgan fingerprint density at radius 1 is 1.09 bits per heavy atom. The SMILES string of the molecule is Cc1cc(=O)oc2cc(OCC(=O)Nc3cccc(-c4csc(-c5cccnc5)n4)c3)ccc12.